The first-order chi connectivity index (χ1) is 16.3. The molecule has 1 amide bonds. The van der Waals surface area contributed by atoms with Crippen molar-refractivity contribution in [3.05, 3.63) is 30.3 Å². The molecule has 2 aromatic rings. The summed E-state index contributed by atoms with van der Waals surface area (Å²) in [5.41, 5.74) is 2.15. The van der Waals surface area contributed by atoms with Crippen molar-refractivity contribution < 1.29 is 9.90 Å². The summed E-state index contributed by atoms with van der Waals surface area (Å²) in [5.74, 6) is 2.03. The number of rotatable bonds is 6. The Bertz CT molecular complexity index is 986. The summed E-state index contributed by atoms with van der Waals surface area (Å²) in [6, 6.07) is 11.0. The van der Waals surface area contributed by atoms with Crippen LogP contribution < -0.4 is 10.2 Å². The molecular weight excluding hydrogens is 424 g/mol. The minimum atomic E-state index is -0.729. The van der Waals surface area contributed by atoms with Crippen LogP contribution in [0.25, 0.3) is 10.9 Å². The van der Waals surface area contributed by atoms with E-state index in [1.807, 2.05) is 11.0 Å². The Morgan fingerprint density at radius 3 is 2.47 bits per heavy atom. The van der Waals surface area contributed by atoms with Gasteiger partial charge >= 0.3 is 6.09 Å². The molecule has 34 heavy (non-hydrogen) atoms. The summed E-state index contributed by atoms with van der Waals surface area (Å²) >= 11 is 0. The van der Waals surface area contributed by atoms with Gasteiger partial charge in [-0.1, -0.05) is 58.2 Å². The number of carboxylic acid groups (broad SMARTS) is 1. The van der Waals surface area contributed by atoms with Crippen LogP contribution in [-0.2, 0) is 0 Å². The number of carbonyl (C=O) groups is 1. The van der Waals surface area contributed by atoms with Gasteiger partial charge in [0, 0.05) is 49.4 Å². The number of fused-ring (bicyclic) bond motifs is 1. The third kappa shape index (κ3) is 5.11. The number of pyridine rings is 1. The van der Waals surface area contributed by atoms with Gasteiger partial charge in [0.2, 0.25) is 0 Å². The number of amides is 1. The molecule has 4 atom stereocenters. The lowest BCUT2D eigenvalue weighted by molar-refractivity contribution is 0.0196. The van der Waals surface area contributed by atoms with Crippen molar-refractivity contribution in [2.45, 2.75) is 83.8 Å². The predicted octanol–water partition coefficient (Wildman–Crippen LogP) is 6.46. The second-order valence-electron chi connectivity index (χ2n) is 11.1. The zero-order valence-corrected chi connectivity index (χ0v) is 21.5. The zero-order chi connectivity index (χ0) is 24.4. The predicted molar refractivity (Wildman–Crippen MR) is 141 cm³/mol. The van der Waals surface area contributed by atoms with E-state index in [1.165, 1.54) is 6.42 Å². The molecule has 0 unspecified atom stereocenters. The van der Waals surface area contributed by atoms with Gasteiger partial charge in [-0.05, 0) is 49.5 Å². The Morgan fingerprint density at radius 1 is 1.12 bits per heavy atom. The van der Waals surface area contributed by atoms with Gasteiger partial charge in [-0.2, -0.15) is 0 Å². The number of nitrogens with zero attached hydrogens (tertiary/aromatic N) is 3. The molecule has 6 nitrogen and oxygen atoms in total. The standard InChI is InChI=1S/C28H42N4O2/c1-18(2)22-16-24(19(3)15-26(22)32(28(33)34)20-11-7-6-8-12-20)30-27-17-25(31(4)5)21-13-9-10-14-23(21)29-27/h9-10,13-14,17-20,22,24,26H,6-8,11-12,15-16H2,1-5H3,(H,29,30)(H,33,34)/t19-,22+,24-,26-/m1/s1. The first-order valence-electron chi connectivity index (χ1n) is 13.1. The van der Waals surface area contributed by atoms with Crippen LogP contribution in [0.5, 0.6) is 0 Å². The van der Waals surface area contributed by atoms with E-state index in [-0.39, 0.29) is 18.1 Å². The van der Waals surface area contributed by atoms with Gasteiger partial charge in [-0.15, -0.1) is 0 Å². The molecule has 4 rings (SSSR count). The van der Waals surface area contributed by atoms with E-state index in [4.69, 9.17) is 4.98 Å². The van der Waals surface area contributed by atoms with Crippen LogP contribution in [0.1, 0.15) is 65.7 Å². The maximum atomic E-state index is 12.5. The molecule has 2 fully saturated rings. The van der Waals surface area contributed by atoms with Crippen LogP contribution >= 0.6 is 0 Å². The largest absolute Gasteiger partial charge is 0.465 e. The van der Waals surface area contributed by atoms with E-state index < -0.39 is 6.09 Å². The third-order valence-electron chi connectivity index (χ3n) is 8.23. The molecule has 0 radical (unpaired) electrons. The molecule has 0 saturated heterocycles. The highest BCUT2D eigenvalue weighted by Crippen LogP contribution is 2.40. The number of hydrogen-bond donors (Lipinski definition) is 2. The van der Waals surface area contributed by atoms with Gasteiger partial charge in [0.05, 0.1) is 5.52 Å². The van der Waals surface area contributed by atoms with Crippen LogP contribution in [0.2, 0.25) is 0 Å². The average molecular weight is 467 g/mol. The number of aromatic nitrogens is 1. The SMILES string of the molecule is CC(C)[C@@H]1C[C@@H](Nc2cc(N(C)C)c3ccccc3n2)[C@H](C)C[C@H]1N(C(=O)O)C1CCCCC1. The monoisotopic (exact) mass is 466 g/mol. The topological polar surface area (TPSA) is 68.7 Å². The van der Waals surface area contributed by atoms with Gasteiger partial charge in [-0.25, -0.2) is 9.78 Å². The second kappa shape index (κ2) is 10.4. The number of para-hydroxylation sites is 1. The van der Waals surface area contributed by atoms with Gasteiger partial charge in [0.1, 0.15) is 5.82 Å². The van der Waals surface area contributed by atoms with Crippen molar-refractivity contribution in [2.24, 2.45) is 17.8 Å². The number of benzene rings is 1. The molecule has 0 spiro atoms. The molecule has 1 aromatic carbocycles. The molecule has 186 valence electrons. The van der Waals surface area contributed by atoms with Crippen molar-refractivity contribution in [1.82, 2.24) is 9.88 Å². The Balaban J connectivity index is 1.58. The molecule has 6 heteroatoms. The lowest BCUT2D eigenvalue weighted by Gasteiger charge is -2.49. The Kier molecular flexibility index (Phi) is 7.54. The summed E-state index contributed by atoms with van der Waals surface area (Å²) < 4.78 is 0. The highest BCUT2D eigenvalue weighted by Gasteiger charge is 2.43. The van der Waals surface area contributed by atoms with Gasteiger partial charge < -0.3 is 20.2 Å². The van der Waals surface area contributed by atoms with E-state index in [1.54, 1.807) is 0 Å². The number of hydrogen-bond acceptors (Lipinski definition) is 4. The minimum absolute atomic E-state index is 0.0931. The fourth-order valence-corrected chi connectivity index (χ4v) is 6.36. The van der Waals surface area contributed by atoms with Crippen molar-refractivity contribution in [3.8, 4) is 0 Å². The van der Waals surface area contributed by atoms with Gasteiger partial charge in [0.25, 0.3) is 0 Å². The van der Waals surface area contributed by atoms with Crippen LogP contribution in [0.3, 0.4) is 0 Å². The van der Waals surface area contributed by atoms with Crippen LogP contribution in [0.15, 0.2) is 30.3 Å². The zero-order valence-electron chi connectivity index (χ0n) is 21.5. The lowest BCUT2D eigenvalue weighted by Crippen LogP contribution is -2.56. The fraction of sp³-hybridized carbons (Fsp3) is 0.643. The number of nitrogens with one attached hydrogen (secondary N) is 1. The van der Waals surface area contributed by atoms with Crippen molar-refractivity contribution >= 4 is 28.5 Å². The van der Waals surface area contributed by atoms with Gasteiger partial charge in [-0.3, -0.25) is 0 Å². The smallest absolute Gasteiger partial charge is 0.407 e. The summed E-state index contributed by atoms with van der Waals surface area (Å²) in [6.45, 7) is 6.78. The van der Waals surface area contributed by atoms with Crippen LogP contribution in [0, 0.1) is 17.8 Å². The highest BCUT2D eigenvalue weighted by atomic mass is 16.4. The molecule has 2 saturated carbocycles. The Labute approximate surface area is 204 Å². The lowest BCUT2D eigenvalue weighted by atomic mass is 9.70. The molecular formula is C28H42N4O2. The summed E-state index contributed by atoms with van der Waals surface area (Å²) in [4.78, 5) is 21.4. The first-order valence-corrected chi connectivity index (χ1v) is 13.1. The van der Waals surface area contributed by atoms with E-state index in [0.717, 1.165) is 60.9 Å². The number of anilines is 2. The normalized spacial score (nSPS) is 25.9. The van der Waals surface area contributed by atoms with E-state index in [2.05, 4.69) is 69.3 Å². The first kappa shape index (κ1) is 24.6. The maximum absolute atomic E-state index is 12.5. The molecule has 0 aliphatic heterocycles. The summed E-state index contributed by atoms with van der Waals surface area (Å²) in [6.07, 6.45) is 6.69. The Hall–Kier alpha value is -2.50. The molecule has 0 bridgehead atoms. The summed E-state index contributed by atoms with van der Waals surface area (Å²) in [7, 11) is 4.14. The third-order valence-corrected chi connectivity index (χ3v) is 8.23. The van der Waals surface area contributed by atoms with E-state index in [9.17, 15) is 9.90 Å². The van der Waals surface area contributed by atoms with Crippen molar-refractivity contribution in [3.63, 3.8) is 0 Å². The van der Waals surface area contributed by atoms with Crippen molar-refractivity contribution in [2.75, 3.05) is 24.3 Å². The molecule has 1 heterocycles. The minimum Gasteiger partial charge on any atom is -0.465 e. The molecule has 1 aromatic heterocycles. The summed E-state index contributed by atoms with van der Waals surface area (Å²) in [5, 5.41) is 15.2. The fourth-order valence-electron chi connectivity index (χ4n) is 6.36. The van der Waals surface area contributed by atoms with E-state index in [0.29, 0.717) is 17.8 Å². The van der Waals surface area contributed by atoms with Gasteiger partial charge in [0.15, 0.2) is 0 Å². The average Bonchev–Trinajstić information content (AvgIpc) is 2.80. The molecule has 2 aliphatic carbocycles. The Morgan fingerprint density at radius 2 is 1.82 bits per heavy atom. The molecule has 2 aliphatic rings. The molecule has 2 N–H and O–H groups in total. The van der Waals surface area contributed by atoms with Crippen molar-refractivity contribution in [1.29, 1.82) is 0 Å². The van der Waals surface area contributed by atoms with Crippen LogP contribution in [0.4, 0.5) is 16.3 Å². The highest BCUT2D eigenvalue weighted by molar-refractivity contribution is 5.93. The van der Waals surface area contributed by atoms with E-state index >= 15 is 0 Å². The maximum Gasteiger partial charge on any atom is 0.407 e. The quantitative estimate of drug-likeness (QED) is 0.511. The second-order valence-corrected chi connectivity index (χ2v) is 11.1. The van der Waals surface area contributed by atoms with Crippen LogP contribution in [-0.4, -0.2) is 53.3 Å².